The predicted octanol–water partition coefficient (Wildman–Crippen LogP) is 6.19. The third-order valence-electron chi connectivity index (χ3n) is 7.75. The molecule has 6 rings (SSSR count). The molecule has 3 heterocycles. The molecule has 1 aliphatic rings. The number of fused-ring (bicyclic) bond motifs is 2. The predicted molar refractivity (Wildman–Crippen MR) is 169 cm³/mol. The molecule has 0 N–H and O–H groups in total. The van der Waals surface area contributed by atoms with Crippen LogP contribution in [0.3, 0.4) is 0 Å². The molecule has 0 unspecified atom stereocenters. The lowest BCUT2D eigenvalue weighted by Gasteiger charge is -2.24. The van der Waals surface area contributed by atoms with E-state index in [0.717, 1.165) is 27.6 Å². The molecule has 5 aromatic rings. The minimum Gasteiger partial charge on any atom is -0.466 e. The number of carbonyl (C=O) groups excluding carboxylic acids is 1. The Bertz CT molecular complexity index is 2050. The van der Waals surface area contributed by atoms with Crippen molar-refractivity contribution in [3.05, 3.63) is 137 Å². The van der Waals surface area contributed by atoms with E-state index in [4.69, 9.17) is 21.3 Å². The molecule has 0 radical (unpaired) electrons. The summed E-state index contributed by atoms with van der Waals surface area (Å²) < 4.78 is 9.47. The van der Waals surface area contributed by atoms with Crippen molar-refractivity contribution < 1.29 is 9.53 Å². The van der Waals surface area contributed by atoms with Crippen LogP contribution in [0.2, 0.25) is 5.02 Å². The number of ether oxygens (including phenoxy) is 1. The number of carbonyl (C=O) groups is 1. The second-order valence-electron chi connectivity index (χ2n) is 10.7. The van der Waals surface area contributed by atoms with Crippen LogP contribution in [0.1, 0.15) is 55.0 Å². The van der Waals surface area contributed by atoms with Crippen LogP contribution < -0.4 is 14.9 Å². The zero-order valence-electron chi connectivity index (χ0n) is 23.8. The summed E-state index contributed by atoms with van der Waals surface area (Å²) in [6, 6.07) is 23.4. The minimum atomic E-state index is -0.640. The molecule has 0 bridgehead atoms. The van der Waals surface area contributed by atoms with Gasteiger partial charge in [0.1, 0.15) is 0 Å². The van der Waals surface area contributed by atoms with Crippen LogP contribution in [0.4, 0.5) is 0 Å². The molecule has 0 saturated heterocycles. The molecule has 0 fully saturated rings. The highest BCUT2D eigenvalue weighted by Crippen LogP contribution is 2.31. The normalized spacial score (nSPS) is 15.3. The molecule has 0 amide bonds. The van der Waals surface area contributed by atoms with Gasteiger partial charge in [-0.25, -0.2) is 9.79 Å². The number of hydrogen-bond donors (Lipinski definition) is 0. The van der Waals surface area contributed by atoms with Gasteiger partial charge in [0.2, 0.25) is 0 Å². The van der Waals surface area contributed by atoms with Crippen LogP contribution in [0.15, 0.2) is 100 Å². The lowest BCUT2D eigenvalue weighted by molar-refractivity contribution is -0.136. The Labute approximate surface area is 252 Å². The van der Waals surface area contributed by atoms with E-state index in [1.165, 1.54) is 24.0 Å². The number of esters is 1. The summed E-state index contributed by atoms with van der Waals surface area (Å²) in [5.41, 5.74) is 5.70. The highest BCUT2D eigenvalue weighted by Gasteiger charge is 2.33. The first kappa shape index (κ1) is 27.9. The molecule has 1 atom stereocenters. The first-order valence-corrected chi connectivity index (χ1v) is 15.0. The summed E-state index contributed by atoms with van der Waals surface area (Å²) >= 11 is 7.80. The van der Waals surface area contributed by atoms with E-state index in [0.29, 0.717) is 38.1 Å². The lowest BCUT2D eigenvalue weighted by Crippen LogP contribution is -2.39. The van der Waals surface area contributed by atoms with Gasteiger partial charge in [-0.15, -0.1) is 0 Å². The van der Waals surface area contributed by atoms with Crippen molar-refractivity contribution in [2.45, 2.75) is 39.3 Å². The van der Waals surface area contributed by atoms with E-state index in [1.807, 2.05) is 66.7 Å². The van der Waals surface area contributed by atoms with E-state index < -0.39 is 12.0 Å². The minimum absolute atomic E-state index is 0.200. The molecule has 1 aliphatic heterocycles. The summed E-state index contributed by atoms with van der Waals surface area (Å²) in [5.74, 6) is -0.135. The Morgan fingerprint density at radius 1 is 1.07 bits per heavy atom. The highest BCUT2D eigenvalue weighted by molar-refractivity contribution is 7.07. The number of para-hydroxylation sites is 1. The van der Waals surface area contributed by atoms with Gasteiger partial charge in [0, 0.05) is 34.2 Å². The fraction of sp³-hybridized carbons (Fsp3) is 0.206. The second kappa shape index (κ2) is 11.2. The van der Waals surface area contributed by atoms with E-state index in [9.17, 15) is 9.59 Å². The van der Waals surface area contributed by atoms with Crippen LogP contribution in [0.5, 0.6) is 0 Å². The molecule has 8 heteroatoms. The Morgan fingerprint density at radius 3 is 2.50 bits per heavy atom. The second-order valence-corrected chi connectivity index (χ2v) is 12.1. The van der Waals surface area contributed by atoms with Crippen molar-refractivity contribution >= 4 is 45.9 Å². The largest absolute Gasteiger partial charge is 0.466 e. The summed E-state index contributed by atoms with van der Waals surface area (Å²) in [4.78, 5) is 32.4. The first-order chi connectivity index (χ1) is 20.3. The number of hydrogen-bond acceptors (Lipinski definition) is 5. The van der Waals surface area contributed by atoms with Gasteiger partial charge in [0.15, 0.2) is 4.80 Å². The van der Waals surface area contributed by atoms with Gasteiger partial charge in [-0.1, -0.05) is 97.4 Å². The maximum absolute atomic E-state index is 14.1. The first-order valence-electron chi connectivity index (χ1n) is 13.8. The molecular weight excluding hydrogens is 566 g/mol. The van der Waals surface area contributed by atoms with Gasteiger partial charge in [0.05, 0.1) is 29.0 Å². The van der Waals surface area contributed by atoms with E-state index >= 15 is 0 Å². The Hall–Kier alpha value is -4.20. The van der Waals surface area contributed by atoms with Crippen molar-refractivity contribution in [3.8, 4) is 0 Å². The zero-order chi connectivity index (χ0) is 29.5. The van der Waals surface area contributed by atoms with Crippen LogP contribution in [-0.2, 0) is 16.1 Å². The number of nitrogens with zero attached hydrogens (tertiary/aromatic N) is 3. The maximum atomic E-state index is 14.1. The molecule has 0 aliphatic carbocycles. The van der Waals surface area contributed by atoms with Gasteiger partial charge in [-0.2, -0.15) is 0 Å². The van der Waals surface area contributed by atoms with Crippen molar-refractivity contribution in [3.63, 3.8) is 0 Å². The topological polar surface area (TPSA) is 65.6 Å². The number of rotatable bonds is 6. The monoisotopic (exact) mass is 595 g/mol. The van der Waals surface area contributed by atoms with Gasteiger partial charge in [0.25, 0.3) is 5.56 Å². The van der Waals surface area contributed by atoms with Crippen LogP contribution >= 0.6 is 22.9 Å². The van der Waals surface area contributed by atoms with Crippen molar-refractivity contribution in [1.29, 1.82) is 0 Å². The van der Waals surface area contributed by atoms with Crippen LogP contribution in [0.25, 0.3) is 17.0 Å². The number of benzene rings is 3. The Kier molecular flexibility index (Phi) is 7.47. The summed E-state index contributed by atoms with van der Waals surface area (Å²) in [6.07, 6.45) is 3.98. The molecular formula is C34H30ClN3O3S. The molecule has 0 saturated carbocycles. The summed E-state index contributed by atoms with van der Waals surface area (Å²) in [5, 5.41) is 1.74. The van der Waals surface area contributed by atoms with Gasteiger partial charge in [-0.3, -0.25) is 9.36 Å². The maximum Gasteiger partial charge on any atom is 0.338 e. The average Bonchev–Trinajstić information content (AvgIpc) is 3.49. The Balaban J connectivity index is 1.51. The number of allylic oxidation sites excluding steroid dienone is 1. The number of methoxy groups -OCH3 is 1. The van der Waals surface area contributed by atoms with Crippen molar-refractivity contribution in [1.82, 2.24) is 9.13 Å². The molecule has 0 spiro atoms. The van der Waals surface area contributed by atoms with Gasteiger partial charge in [-0.05, 0) is 47.7 Å². The molecule has 3 aromatic carbocycles. The van der Waals surface area contributed by atoms with Gasteiger partial charge >= 0.3 is 5.97 Å². The number of aromatic nitrogens is 2. The number of halogens is 1. The van der Waals surface area contributed by atoms with Crippen LogP contribution in [-0.4, -0.2) is 22.2 Å². The zero-order valence-corrected chi connectivity index (χ0v) is 25.4. The third kappa shape index (κ3) is 4.93. The summed E-state index contributed by atoms with van der Waals surface area (Å²) in [7, 11) is 1.35. The van der Waals surface area contributed by atoms with Crippen molar-refractivity contribution in [2.75, 3.05) is 7.11 Å². The fourth-order valence-electron chi connectivity index (χ4n) is 5.54. The molecule has 6 nitrogen and oxygen atoms in total. The highest BCUT2D eigenvalue weighted by atomic mass is 35.5. The number of thiazole rings is 1. The Morgan fingerprint density at radius 2 is 1.79 bits per heavy atom. The van der Waals surface area contributed by atoms with E-state index in [2.05, 4.69) is 36.7 Å². The standard InChI is InChI=1S/C34H30ClN3O3S/c1-20(2)22-13-15-23(16-14-22)31-30(33(40)41-4)21(3)36-34-38(31)32(39)29(42-34)17-25-19-37(28-12-8-6-10-26(25)28)18-24-9-5-7-11-27(24)35/h5-17,19-20,31H,18H2,1-4H3/t31-/m1/s1. The third-order valence-corrected chi connectivity index (χ3v) is 9.10. The van der Waals surface area contributed by atoms with E-state index in [-0.39, 0.29) is 5.56 Å². The SMILES string of the molecule is COC(=O)C1=C(C)N=c2sc(=Cc3cn(Cc4ccccc4Cl)c4ccccc34)c(=O)n2[C@@H]1c1ccc(C(C)C)cc1. The molecule has 42 heavy (non-hydrogen) atoms. The van der Waals surface area contributed by atoms with E-state index in [1.54, 1.807) is 11.5 Å². The quantitative estimate of drug-likeness (QED) is 0.220. The lowest BCUT2D eigenvalue weighted by atomic mass is 9.93. The smallest absolute Gasteiger partial charge is 0.338 e. The van der Waals surface area contributed by atoms with Crippen LogP contribution in [0, 0.1) is 0 Å². The fourth-order valence-corrected chi connectivity index (χ4v) is 6.78. The van der Waals surface area contributed by atoms with Crippen molar-refractivity contribution in [2.24, 2.45) is 4.99 Å². The molecule has 2 aromatic heterocycles. The van der Waals surface area contributed by atoms with Gasteiger partial charge < -0.3 is 9.30 Å². The summed E-state index contributed by atoms with van der Waals surface area (Å²) in [6.45, 7) is 6.66. The molecule has 212 valence electrons. The average molecular weight is 596 g/mol.